The summed E-state index contributed by atoms with van der Waals surface area (Å²) in [6.07, 6.45) is 11.2. The largest absolute Gasteiger partial charge is 0.388 e. The standard InChI is InChI=1S/C27H54O5/c1-20(2)11-8-13-22(4)15-10-17-23(5)16-9-14-21(3)12-6-7-18-31-27-26(30)25(29)24(28)19-32-27/h20-30H,6-19H2,1-5H3/t21?,22?,23?,24-,25+,26-,27-/m1/s1. The van der Waals surface area contributed by atoms with Crippen LogP contribution >= 0.6 is 0 Å². The first-order chi connectivity index (χ1) is 15.2. The van der Waals surface area contributed by atoms with Crippen molar-refractivity contribution in [2.75, 3.05) is 13.2 Å². The van der Waals surface area contributed by atoms with Crippen molar-refractivity contribution in [2.24, 2.45) is 23.7 Å². The predicted octanol–water partition coefficient (Wildman–Crippen LogP) is 5.69. The summed E-state index contributed by atoms with van der Waals surface area (Å²) in [6, 6.07) is 0. The molecule has 3 N–H and O–H groups in total. The third kappa shape index (κ3) is 13.5. The van der Waals surface area contributed by atoms with Gasteiger partial charge in [0.2, 0.25) is 0 Å². The van der Waals surface area contributed by atoms with Gasteiger partial charge in [-0.15, -0.1) is 0 Å². The molecule has 0 amide bonds. The molecule has 0 radical (unpaired) electrons. The third-order valence-electron chi connectivity index (χ3n) is 7.09. The molecule has 1 rings (SSSR count). The van der Waals surface area contributed by atoms with Crippen LogP contribution < -0.4 is 0 Å². The van der Waals surface area contributed by atoms with Crippen LogP contribution in [0.15, 0.2) is 0 Å². The lowest BCUT2D eigenvalue weighted by molar-refractivity contribution is -0.270. The number of ether oxygens (including phenoxy) is 2. The van der Waals surface area contributed by atoms with E-state index in [1.165, 1.54) is 64.2 Å². The normalized spacial score (nSPS) is 26.9. The van der Waals surface area contributed by atoms with Gasteiger partial charge in [0.05, 0.1) is 6.61 Å². The maximum Gasteiger partial charge on any atom is 0.186 e. The van der Waals surface area contributed by atoms with Crippen LogP contribution in [0.25, 0.3) is 0 Å². The fraction of sp³-hybridized carbons (Fsp3) is 1.00. The molecule has 0 saturated carbocycles. The van der Waals surface area contributed by atoms with Gasteiger partial charge in [-0.05, 0) is 30.1 Å². The van der Waals surface area contributed by atoms with Crippen LogP contribution in [0.2, 0.25) is 0 Å². The molecular formula is C27H54O5. The monoisotopic (exact) mass is 458 g/mol. The van der Waals surface area contributed by atoms with Crippen LogP contribution in [0.3, 0.4) is 0 Å². The summed E-state index contributed by atoms with van der Waals surface area (Å²) < 4.78 is 10.8. The number of unbranched alkanes of at least 4 members (excludes halogenated alkanes) is 1. The Morgan fingerprint density at radius 1 is 0.656 bits per heavy atom. The van der Waals surface area contributed by atoms with E-state index >= 15 is 0 Å². The zero-order valence-electron chi connectivity index (χ0n) is 21.7. The molecule has 1 aliphatic rings. The average Bonchev–Trinajstić information content (AvgIpc) is 2.73. The highest BCUT2D eigenvalue weighted by Crippen LogP contribution is 2.23. The van der Waals surface area contributed by atoms with Crippen LogP contribution in [0, 0.1) is 23.7 Å². The smallest absolute Gasteiger partial charge is 0.186 e. The molecule has 7 atom stereocenters. The molecule has 1 saturated heterocycles. The molecule has 5 heteroatoms. The van der Waals surface area contributed by atoms with Crippen molar-refractivity contribution < 1.29 is 24.8 Å². The van der Waals surface area contributed by atoms with Gasteiger partial charge < -0.3 is 24.8 Å². The number of rotatable bonds is 18. The van der Waals surface area contributed by atoms with Crippen molar-refractivity contribution in [2.45, 2.75) is 136 Å². The first kappa shape index (κ1) is 29.8. The number of aliphatic hydroxyl groups excluding tert-OH is 3. The SMILES string of the molecule is CC(C)CCCC(C)CCCC(C)CCCC(C)CCCCO[C@@H]1OC[C@@H](O)[C@H](O)[C@H]1O. The van der Waals surface area contributed by atoms with Gasteiger partial charge in [0.15, 0.2) is 6.29 Å². The van der Waals surface area contributed by atoms with Gasteiger partial charge in [-0.25, -0.2) is 0 Å². The maximum absolute atomic E-state index is 9.87. The van der Waals surface area contributed by atoms with Gasteiger partial charge in [0.1, 0.15) is 18.3 Å². The van der Waals surface area contributed by atoms with Crippen molar-refractivity contribution in [1.29, 1.82) is 0 Å². The molecule has 1 aliphatic heterocycles. The van der Waals surface area contributed by atoms with E-state index < -0.39 is 24.6 Å². The van der Waals surface area contributed by atoms with Crippen molar-refractivity contribution in [3.8, 4) is 0 Å². The summed E-state index contributed by atoms with van der Waals surface area (Å²) in [7, 11) is 0. The minimum absolute atomic E-state index is 0.00429. The third-order valence-corrected chi connectivity index (χ3v) is 7.09. The van der Waals surface area contributed by atoms with Crippen molar-refractivity contribution in [3.05, 3.63) is 0 Å². The first-order valence-electron chi connectivity index (χ1n) is 13.5. The molecule has 0 aromatic heterocycles. The summed E-state index contributed by atoms with van der Waals surface area (Å²) in [6.45, 7) is 12.3. The van der Waals surface area contributed by atoms with Crippen LogP contribution in [-0.2, 0) is 9.47 Å². The lowest BCUT2D eigenvalue weighted by Crippen LogP contribution is -2.53. The molecular weight excluding hydrogens is 404 g/mol. The second-order valence-corrected chi connectivity index (χ2v) is 11.1. The van der Waals surface area contributed by atoms with Crippen LogP contribution in [0.5, 0.6) is 0 Å². The van der Waals surface area contributed by atoms with E-state index in [0.29, 0.717) is 6.61 Å². The Morgan fingerprint density at radius 3 is 1.62 bits per heavy atom. The summed E-state index contributed by atoms with van der Waals surface area (Å²) >= 11 is 0. The van der Waals surface area contributed by atoms with E-state index in [1.807, 2.05) is 0 Å². The summed E-state index contributed by atoms with van der Waals surface area (Å²) in [5.41, 5.74) is 0. The number of hydrogen-bond acceptors (Lipinski definition) is 5. The van der Waals surface area contributed by atoms with E-state index in [-0.39, 0.29) is 6.61 Å². The van der Waals surface area contributed by atoms with E-state index in [2.05, 4.69) is 34.6 Å². The van der Waals surface area contributed by atoms with E-state index in [9.17, 15) is 15.3 Å². The Hall–Kier alpha value is -0.200. The maximum atomic E-state index is 9.87. The highest BCUT2D eigenvalue weighted by Gasteiger charge is 2.37. The fourth-order valence-corrected chi connectivity index (χ4v) is 4.66. The van der Waals surface area contributed by atoms with Crippen LogP contribution in [0.4, 0.5) is 0 Å². The molecule has 0 aromatic carbocycles. The first-order valence-corrected chi connectivity index (χ1v) is 13.5. The minimum Gasteiger partial charge on any atom is -0.388 e. The molecule has 0 bridgehead atoms. The Labute approximate surface area is 198 Å². The van der Waals surface area contributed by atoms with E-state index in [4.69, 9.17) is 9.47 Å². The lowest BCUT2D eigenvalue weighted by atomic mass is 9.90. The molecule has 3 unspecified atom stereocenters. The van der Waals surface area contributed by atoms with E-state index in [0.717, 1.165) is 36.5 Å². The quantitative estimate of drug-likeness (QED) is 0.230. The molecule has 0 spiro atoms. The van der Waals surface area contributed by atoms with Crippen molar-refractivity contribution in [3.63, 3.8) is 0 Å². The zero-order chi connectivity index (χ0) is 23.9. The fourth-order valence-electron chi connectivity index (χ4n) is 4.66. The second-order valence-electron chi connectivity index (χ2n) is 11.1. The molecule has 5 nitrogen and oxygen atoms in total. The second kappa shape index (κ2) is 17.3. The van der Waals surface area contributed by atoms with Gasteiger partial charge in [-0.3, -0.25) is 0 Å². The molecule has 1 heterocycles. The number of hydrogen-bond donors (Lipinski definition) is 3. The predicted molar refractivity (Wildman–Crippen MR) is 131 cm³/mol. The summed E-state index contributed by atoms with van der Waals surface area (Å²) in [4.78, 5) is 0. The minimum atomic E-state index is -1.20. The van der Waals surface area contributed by atoms with Gasteiger partial charge in [-0.1, -0.05) is 105 Å². The Balaban J connectivity index is 1.97. The Kier molecular flexibility index (Phi) is 16.1. The highest BCUT2D eigenvalue weighted by molar-refractivity contribution is 4.82. The van der Waals surface area contributed by atoms with Crippen LogP contribution in [0.1, 0.15) is 112 Å². The average molecular weight is 459 g/mol. The van der Waals surface area contributed by atoms with Crippen molar-refractivity contribution >= 4 is 0 Å². The highest BCUT2D eigenvalue weighted by atomic mass is 16.7. The van der Waals surface area contributed by atoms with E-state index in [1.54, 1.807) is 0 Å². The van der Waals surface area contributed by atoms with Gasteiger partial charge >= 0.3 is 0 Å². The summed E-state index contributed by atoms with van der Waals surface area (Å²) in [5, 5.41) is 29.0. The molecule has 0 aromatic rings. The van der Waals surface area contributed by atoms with Crippen LogP contribution in [-0.4, -0.2) is 53.1 Å². The molecule has 192 valence electrons. The molecule has 32 heavy (non-hydrogen) atoms. The van der Waals surface area contributed by atoms with Crippen molar-refractivity contribution in [1.82, 2.24) is 0 Å². The Morgan fingerprint density at radius 2 is 1.12 bits per heavy atom. The van der Waals surface area contributed by atoms with Gasteiger partial charge in [-0.2, -0.15) is 0 Å². The van der Waals surface area contributed by atoms with Gasteiger partial charge in [0, 0.05) is 6.61 Å². The number of aliphatic hydroxyl groups is 3. The molecule has 0 aliphatic carbocycles. The molecule has 1 fully saturated rings. The zero-order valence-corrected chi connectivity index (χ0v) is 21.7. The Bertz CT molecular complexity index is 444. The lowest BCUT2D eigenvalue weighted by Gasteiger charge is -2.34. The topological polar surface area (TPSA) is 79.2 Å². The van der Waals surface area contributed by atoms with Gasteiger partial charge in [0.25, 0.3) is 0 Å². The summed E-state index contributed by atoms with van der Waals surface area (Å²) in [5.74, 6) is 3.30.